The van der Waals surface area contributed by atoms with Crippen LogP contribution in [0.1, 0.15) is 6.92 Å². The lowest BCUT2D eigenvalue weighted by Crippen LogP contribution is -2.49. The number of aromatic nitrogens is 2. The van der Waals surface area contributed by atoms with Crippen molar-refractivity contribution in [2.75, 3.05) is 43.0 Å². The minimum Gasteiger partial charge on any atom is -0.450 e. The summed E-state index contributed by atoms with van der Waals surface area (Å²) in [5.74, 6) is 0.158. The van der Waals surface area contributed by atoms with Crippen molar-refractivity contribution in [1.29, 1.82) is 0 Å². The molecule has 0 spiro atoms. The highest BCUT2D eigenvalue weighted by atomic mass is 35.5. The second kappa shape index (κ2) is 9.10. The summed E-state index contributed by atoms with van der Waals surface area (Å²) >= 11 is 12.1. The first-order valence-electron chi connectivity index (χ1n) is 8.78. The van der Waals surface area contributed by atoms with Crippen molar-refractivity contribution < 1.29 is 14.5 Å². The second-order valence-corrected chi connectivity index (χ2v) is 6.92. The molecular formula is C17H18Cl2N6O4. The number of amides is 1. The predicted octanol–water partition coefficient (Wildman–Crippen LogP) is 3.71. The molecule has 0 aliphatic carbocycles. The van der Waals surface area contributed by atoms with Crippen molar-refractivity contribution in [3.8, 4) is 0 Å². The zero-order valence-corrected chi connectivity index (χ0v) is 17.0. The average Bonchev–Trinajstić information content (AvgIpc) is 2.70. The van der Waals surface area contributed by atoms with E-state index in [0.717, 1.165) is 0 Å². The molecule has 0 atom stereocenters. The smallest absolute Gasteiger partial charge is 0.409 e. The van der Waals surface area contributed by atoms with Gasteiger partial charge in [-0.25, -0.2) is 14.8 Å². The summed E-state index contributed by atoms with van der Waals surface area (Å²) < 4.78 is 4.99. The number of anilines is 3. The molecule has 1 fully saturated rings. The molecule has 1 aliphatic heterocycles. The van der Waals surface area contributed by atoms with Crippen molar-refractivity contribution in [3.05, 3.63) is 44.7 Å². The molecule has 1 saturated heterocycles. The molecule has 1 aromatic carbocycles. The molecule has 1 N–H and O–H groups in total. The molecule has 1 aliphatic rings. The Hall–Kier alpha value is -2.85. The normalized spacial score (nSPS) is 13.9. The zero-order valence-electron chi connectivity index (χ0n) is 15.5. The van der Waals surface area contributed by atoms with Crippen LogP contribution in [-0.4, -0.2) is 58.7 Å². The summed E-state index contributed by atoms with van der Waals surface area (Å²) in [5.41, 5.74) is 0.104. The Kier molecular flexibility index (Phi) is 6.55. The van der Waals surface area contributed by atoms with Crippen LogP contribution in [0.25, 0.3) is 0 Å². The average molecular weight is 441 g/mol. The minimum absolute atomic E-state index is 0.00279. The number of ether oxygens (including phenoxy) is 1. The number of nitrogens with zero attached hydrogens (tertiary/aromatic N) is 5. The van der Waals surface area contributed by atoms with Crippen LogP contribution in [0.5, 0.6) is 0 Å². The molecule has 2 heterocycles. The second-order valence-electron chi connectivity index (χ2n) is 6.07. The van der Waals surface area contributed by atoms with Crippen LogP contribution in [0.15, 0.2) is 24.5 Å². The van der Waals surface area contributed by atoms with Gasteiger partial charge in [-0.2, -0.15) is 0 Å². The van der Waals surface area contributed by atoms with Gasteiger partial charge in [-0.1, -0.05) is 23.2 Å². The third-order valence-corrected chi connectivity index (χ3v) is 4.84. The monoisotopic (exact) mass is 440 g/mol. The first-order valence-corrected chi connectivity index (χ1v) is 9.54. The van der Waals surface area contributed by atoms with Gasteiger partial charge < -0.3 is 19.9 Å². The number of rotatable bonds is 5. The summed E-state index contributed by atoms with van der Waals surface area (Å²) in [7, 11) is 0. The molecule has 0 radical (unpaired) electrons. The van der Waals surface area contributed by atoms with Gasteiger partial charge in [0.2, 0.25) is 11.6 Å². The van der Waals surface area contributed by atoms with Crippen LogP contribution in [0.3, 0.4) is 0 Å². The van der Waals surface area contributed by atoms with E-state index in [1.165, 1.54) is 6.33 Å². The van der Waals surface area contributed by atoms with Gasteiger partial charge in [0.05, 0.1) is 22.2 Å². The summed E-state index contributed by atoms with van der Waals surface area (Å²) in [6.45, 7) is 3.49. The van der Waals surface area contributed by atoms with E-state index in [1.54, 1.807) is 34.9 Å². The number of carbonyl (C=O) groups is 1. The highest BCUT2D eigenvalue weighted by molar-refractivity contribution is 6.35. The van der Waals surface area contributed by atoms with Crippen LogP contribution < -0.4 is 10.2 Å². The minimum atomic E-state index is -0.548. The van der Waals surface area contributed by atoms with Crippen molar-refractivity contribution in [2.24, 2.45) is 0 Å². The van der Waals surface area contributed by atoms with E-state index >= 15 is 0 Å². The lowest BCUT2D eigenvalue weighted by atomic mass is 10.3. The largest absolute Gasteiger partial charge is 0.450 e. The van der Waals surface area contributed by atoms with Crippen molar-refractivity contribution in [3.63, 3.8) is 0 Å². The number of carbonyl (C=O) groups excluding carboxylic acids is 1. The number of nitro groups is 1. The Morgan fingerprint density at radius 3 is 2.66 bits per heavy atom. The van der Waals surface area contributed by atoms with Gasteiger partial charge in [0.15, 0.2) is 0 Å². The molecule has 154 valence electrons. The lowest BCUT2D eigenvalue weighted by Gasteiger charge is -2.34. The maximum absolute atomic E-state index is 11.9. The number of piperazine rings is 1. The van der Waals surface area contributed by atoms with E-state index < -0.39 is 11.0 Å². The van der Waals surface area contributed by atoms with Gasteiger partial charge in [-0.3, -0.25) is 10.1 Å². The highest BCUT2D eigenvalue weighted by Crippen LogP contribution is 2.36. The lowest BCUT2D eigenvalue weighted by molar-refractivity contribution is -0.383. The van der Waals surface area contributed by atoms with E-state index in [2.05, 4.69) is 15.3 Å². The number of hydrogen-bond donors (Lipinski definition) is 1. The Bertz CT molecular complexity index is 921. The maximum Gasteiger partial charge on any atom is 0.409 e. The summed E-state index contributed by atoms with van der Waals surface area (Å²) in [4.78, 5) is 34.5. The summed E-state index contributed by atoms with van der Waals surface area (Å²) in [5, 5.41) is 15.4. The van der Waals surface area contributed by atoms with Gasteiger partial charge in [-0.05, 0) is 25.1 Å². The molecule has 0 unspecified atom stereocenters. The molecule has 2 aromatic rings. The van der Waals surface area contributed by atoms with E-state index in [0.29, 0.717) is 41.9 Å². The van der Waals surface area contributed by atoms with Crippen LogP contribution in [0.4, 0.5) is 27.8 Å². The van der Waals surface area contributed by atoms with E-state index in [1.807, 2.05) is 0 Å². The first-order chi connectivity index (χ1) is 13.9. The van der Waals surface area contributed by atoms with Gasteiger partial charge in [0.25, 0.3) is 0 Å². The molecular weight excluding hydrogens is 423 g/mol. The van der Waals surface area contributed by atoms with Gasteiger partial charge in [0.1, 0.15) is 6.33 Å². The highest BCUT2D eigenvalue weighted by Gasteiger charge is 2.31. The molecule has 10 nitrogen and oxygen atoms in total. The Balaban J connectivity index is 1.85. The summed E-state index contributed by atoms with van der Waals surface area (Å²) in [6, 6.07) is 4.74. The van der Waals surface area contributed by atoms with Crippen molar-refractivity contribution in [2.45, 2.75) is 6.92 Å². The Labute approximate surface area is 176 Å². The van der Waals surface area contributed by atoms with Gasteiger partial charge in [-0.15, -0.1) is 0 Å². The van der Waals surface area contributed by atoms with Gasteiger partial charge in [0, 0.05) is 31.2 Å². The van der Waals surface area contributed by atoms with Crippen LogP contribution in [-0.2, 0) is 4.74 Å². The molecule has 1 amide bonds. The molecule has 3 rings (SSSR count). The fraction of sp³-hybridized carbons (Fsp3) is 0.353. The van der Waals surface area contributed by atoms with Crippen LogP contribution in [0.2, 0.25) is 10.0 Å². The Morgan fingerprint density at radius 2 is 2.00 bits per heavy atom. The number of nitrogens with one attached hydrogen (secondary N) is 1. The number of halogens is 2. The van der Waals surface area contributed by atoms with Crippen molar-refractivity contribution >= 4 is 52.3 Å². The number of benzene rings is 1. The fourth-order valence-electron chi connectivity index (χ4n) is 2.90. The topological polar surface area (TPSA) is 114 Å². The molecule has 12 heteroatoms. The van der Waals surface area contributed by atoms with Crippen LogP contribution in [0, 0.1) is 10.1 Å². The van der Waals surface area contributed by atoms with Gasteiger partial charge >= 0.3 is 11.8 Å². The Morgan fingerprint density at radius 1 is 1.28 bits per heavy atom. The predicted molar refractivity (Wildman–Crippen MR) is 109 cm³/mol. The first kappa shape index (κ1) is 20.9. The van der Waals surface area contributed by atoms with E-state index in [9.17, 15) is 14.9 Å². The maximum atomic E-state index is 11.9. The molecule has 1 aromatic heterocycles. The quantitative estimate of drug-likeness (QED) is 0.552. The number of hydrogen-bond acceptors (Lipinski definition) is 8. The molecule has 29 heavy (non-hydrogen) atoms. The standard InChI is InChI=1S/C17H18Cl2N6O4/c1-2-29-17(26)24-7-5-23(6-8-24)16-14(25(27)28)15(20-10-21-16)22-13-9-11(18)3-4-12(13)19/h3-4,9-10H,2,5-8H2,1H3,(H,20,21,22). The fourth-order valence-corrected chi connectivity index (χ4v) is 3.23. The summed E-state index contributed by atoms with van der Waals surface area (Å²) in [6.07, 6.45) is 0.836. The molecule has 0 saturated carbocycles. The van der Waals surface area contributed by atoms with E-state index in [4.69, 9.17) is 27.9 Å². The third-order valence-electron chi connectivity index (χ3n) is 4.27. The van der Waals surface area contributed by atoms with E-state index in [-0.39, 0.29) is 23.9 Å². The molecule has 0 bridgehead atoms. The third kappa shape index (κ3) is 4.77. The van der Waals surface area contributed by atoms with Crippen molar-refractivity contribution in [1.82, 2.24) is 14.9 Å². The van der Waals surface area contributed by atoms with Crippen LogP contribution >= 0.6 is 23.2 Å². The zero-order chi connectivity index (χ0) is 21.0. The SMILES string of the molecule is CCOC(=O)N1CCN(c2ncnc(Nc3cc(Cl)ccc3Cl)c2[N+](=O)[O-])CC1.